The van der Waals surface area contributed by atoms with Crippen LogP contribution in [0, 0.1) is 11.3 Å². The normalized spacial score (nSPS) is 19.3. The molecule has 0 bridgehead atoms. The first-order chi connectivity index (χ1) is 12.6. The summed E-state index contributed by atoms with van der Waals surface area (Å²) >= 11 is 0. The van der Waals surface area contributed by atoms with Crippen LogP contribution in [0.1, 0.15) is 28.8 Å². The summed E-state index contributed by atoms with van der Waals surface area (Å²) in [4.78, 5) is 37.8. The van der Waals surface area contributed by atoms with Gasteiger partial charge in [0, 0.05) is 30.3 Å². The van der Waals surface area contributed by atoms with Gasteiger partial charge in [-0.3, -0.25) is 24.4 Å². The molecule has 26 heavy (non-hydrogen) atoms. The van der Waals surface area contributed by atoms with E-state index in [0.717, 1.165) is 16.7 Å². The van der Waals surface area contributed by atoms with Crippen LogP contribution in [0.25, 0.3) is 11.1 Å². The Hall–Kier alpha value is -3.47. The first-order valence-corrected chi connectivity index (χ1v) is 8.25. The van der Waals surface area contributed by atoms with Crippen LogP contribution in [-0.4, -0.2) is 38.4 Å². The quantitative estimate of drug-likeness (QED) is 0.826. The van der Waals surface area contributed by atoms with Crippen LogP contribution in [-0.2, 0) is 22.7 Å². The van der Waals surface area contributed by atoms with Crippen LogP contribution >= 0.6 is 0 Å². The number of piperidine rings is 1. The molecule has 4 rings (SSSR count). The highest BCUT2D eigenvalue weighted by molar-refractivity contribution is 6.06. The van der Waals surface area contributed by atoms with Crippen molar-refractivity contribution in [3.63, 3.8) is 0 Å². The molecule has 1 aromatic heterocycles. The Kier molecular flexibility index (Phi) is 3.77. The molecule has 1 fully saturated rings. The number of fused-ring (bicyclic) bond motifs is 1. The van der Waals surface area contributed by atoms with Crippen LogP contribution in [0.4, 0.5) is 0 Å². The van der Waals surface area contributed by atoms with Crippen molar-refractivity contribution in [3.8, 4) is 17.2 Å². The molecule has 0 aliphatic carbocycles. The Balaban J connectivity index is 1.67. The molecule has 0 saturated carbocycles. The Morgan fingerprint density at radius 3 is 2.85 bits per heavy atom. The van der Waals surface area contributed by atoms with Crippen molar-refractivity contribution in [1.82, 2.24) is 20.0 Å². The third kappa shape index (κ3) is 2.54. The summed E-state index contributed by atoms with van der Waals surface area (Å²) < 4.78 is 1.53. The lowest BCUT2D eigenvalue weighted by Crippen LogP contribution is -2.52. The number of nitrogens with one attached hydrogen (secondary N) is 1. The van der Waals surface area contributed by atoms with E-state index in [1.807, 2.05) is 12.1 Å². The summed E-state index contributed by atoms with van der Waals surface area (Å²) in [5.41, 5.74) is 3.06. The Morgan fingerprint density at radius 1 is 1.27 bits per heavy atom. The molecule has 1 saturated heterocycles. The van der Waals surface area contributed by atoms with Gasteiger partial charge in [0.1, 0.15) is 12.6 Å². The van der Waals surface area contributed by atoms with E-state index in [1.165, 1.54) is 9.58 Å². The maximum absolute atomic E-state index is 12.8. The number of carbonyl (C=O) groups excluding carboxylic acids is 3. The maximum atomic E-state index is 12.8. The van der Waals surface area contributed by atoms with E-state index in [2.05, 4.69) is 10.4 Å². The molecule has 2 aliphatic rings. The summed E-state index contributed by atoms with van der Waals surface area (Å²) in [5.74, 6) is -0.937. The van der Waals surface area contributed by atoms with Crippen molar-refractivity contribution in [3.05, 3.63) is 41.7 Å². The predicted molar refractivity (Wildman–Crippen MR) is 89.3 cm³/mol. The van der Waals surface area contributed by atoms with Crippen LogP contribution in [0.2, 0.25) is 0 Å². The van der Waals surface area contributed by atoms with E-state index in [4.69, 9.17) is 5.26 Å². The molecular formula is C18H15N5O3. The van der Waals surface area contributed by atoms with E-state index < -0.39 is 11.9 Å². The number of nitriles is 1. The van der Waals surface area contributed by atoms with Gasteiger partial charge in [-0.2, -0.15) is 10.4 Å². The second-order valence-electron chi connectivity index (χ2n) is 6.32. The minimum absolute atomic E-state index is 0.149. The number of carbonyl (C=O) groups is 3. The lowest BCUT2D eigenvalue weighted by Gasteiger charge is -2.29. The molecule has 1 unspecified atom stereocenters. The average molecular weight is 349 g/mol. The molecule has 3 heterocycles. The molecule has 8 heteroatoms. The highest BCUT2D eigenvalue weighted by Gasteiger charge is 2.39. The molecule has 1 aromatic carbocycles. The van der Waals surface area contributed by atoms with Gasteiger partial charge in [0.2, 0.25) is 11.8 Å². The van der Waals surface area contributed by atoms with Gasteiger partial charge in [-0.15, -0.1) is 0 Å². The molecule has 130 valence electrons. The maximum Gasteiger partial charge on any atom is 0.255 e. The van der Waals surface area contributed by atoms with Crippen LogP contribution < -0.4 is 5.32 Å². The van der Waals surface area contributed by atoms with Crippen molar-refractivity contribution < 1.29 is 14.4 Å². The summed E-state index contributed by atoms with van der Waals surface area (Å²) in [6.07, 6.45) is 3.98. The van der Waals surface area contributed by atoms with Gasteiger partial charge in [0.05, 0.1) is 12.3 Å². The van der Waals surface area contributed by atoms with Gasteiger partial charge in [-0.25, -0.2) is 0 Å². The van der Waals surface area contributed by atoms with Crippen LogP contribution in [0.5, 0.6) is 0 Å². The zero-order chi connectivity index (χ0) is 18.3. The first kappa shape index (κ1) is 16.0. The number of hydrogen-bond donors (Lipinski definition) is 1. The largest absolute Gasteiger partial charge is 0.322 e. The molecular weight excluding hydrogens is 334 g/mol. The van der Waals surface area contributed by atoms with E-state index in [-0.39, 0.29) is 24.8 Å². The number of nitrogens with zero attached hydrogens (tertiary/aromatic N) is 4. The Morgan fingerprint density at radius 2 is 2.08 bits per heavy atom. The fourth-order valence-corrected chi connectivity index (χ4v) is 3.52. The molecule has 1 atom stereocenters. The lowest BCUT2D eigenvalue weighted by atomic mass is 9.99. The van der Waals surface area contributed by atoms with Gasteiger partial charge < -0.3 is 4.90 Å². The number of amides is 3. The smallest absolute Gasteiger partial charge is 0.255 e. The Bertz CT molecular complexity index is 971. The molecule has 8 nitrogen and oxygen atoms in total. The first-order valence-electron chi connectivity index (χ1n) is 8.25. The fraction of sp³-hybridized carbons (Fsp3) is 0.278. The topological polar surface area (TPSA) is 108 Å². The molecule has 2 aliphatic heterocycles. The van der Waals surface area contributed by atoms with Crippen molar-refractivity contribution in [1.29, 1.82) is 5.26 Å². The average Bonchev–Trinajstić information content (AvgIpc) is 3.21. The van der Waals surface area contributed by atoms with E-state index in [9.17, 15) is 14.4 Å². The van der Waals surface area contributed by atoms with Crippen LogP contribution in [0.3, 0.4) is 0 Å². The number of benzene rings is 1. The molecule has 0 radical (unpaired) electrons. The van der Waals surface area contributed by atoms with Crippen molar-refractivity contribution >= 4 is 17.7 Å². The van der Waals surface area contributed by atoms with Crippen molar-refractivity contribution in [2.75, 3.05) is 0 Å². The van der Waals surface area contributed by atoms with E-state index >= 15 is 0 Å². The van der Waals surface area contributed by atoms with Gasteiger partial charge in [-0.05, 0) is 23.6 Å². The SMILES string of the molecule is N#CCn1cc(-c2cccc3c2CN(C2CCC(=O)NC2=O)C3=O)cn1. The zero-order valence-electron chi connectivity index (χ0n) is 13.8. The highest BCUT2D eigenvalue weighted by Crippen LogP contribution is 2.34. The zero-order valence-corrected chi connectivity index (χ0v) is 13.8. The number of rotatable bonds is 3. The number of aromatic nitrogens is 2. The fourth-order valence-electron chi connectivity index (χ4n) is 3.52. The second kappa shape index (κ2) is 6.11. The number of hydrogen-bond acceptors (Lipinski definition) is 5. The molecule has 0 spiro atoms. The molecule has 1 N–H and O–H groups in total. The molecule has 2 aromatic rings. The third-order valence-corrected chi connectivity index (χ3v) is 4.76. The van der Waals surface area contributed by atoms with Crippen molar-refractivity contribution in [2.45, 2.75) is 32.0 Å². The number of imide groups is 1. The van der Waals surface area contributed by atoms with Crippen LogP contribution in [0.15, 0.2) is 30.6 Å². The van der Waals surface area contributed by atoms with Crippen molar-refractivity contribution in [2.24, 2.45) is 0 Å². The van der Waals surface area contributed by atoms with E-state index in [1.54, 1.807) is 24.5 Å². The third-order valence-electron chi connectivity index (χ3n) is 4.76. The summed E-state index contributed by atoms with van der Waals surface area (Å²) in [7, 11) is 0. The van der Waals surface area contributed by atoms with E-state index in [0.29, 0.717) is 18.5 Å². The minimum atomic E-state index is -0.637. The van der Waals surface area contributed by atoms with Gasteiger partial charge in [-0.1, -0.05) is 12.1 Å². The minimum Gasteiger partial charge on any atom is -0.322 e. The summed E-state index contributed by atoms with van der Waals surface area (Å²) in [6, 6.07) is 6.83. The predicted octanol–water partition coefficient (Wildman–Crippen LogP) is 0.835. The Labute approximate surface area is 149 Å². The second-order valence-corrected chi connectivity index (χ2v) is 6.32. The highest BCUT2D eigenvalue weighted by atomic mass is 16.2. The van der Waals surface area contributed by atoms with Gasteiger partial charge >= 0.3 is 0 Å². The molecule has 3 amide bonds. The standard InChI is InChI=1S/C18H15N5O3/c19-6-7-22-9-11(8-20-22)12-2-1-3-13-14(12)10-23(18(13)26)15-4-5-16(24)21-17(15)25/h1-3,8-9,15H,4-5,7,10H2,(H,21,24,25). The monoisotopic (exact) mass is 349 g/mol. The summed E-state index contributed by atoms with van der Waals surface area (Å²) in [6.45, 7) is 0.455. The lowest BCUT2D eigenvalue weighted by molar-refractivity contribution is -0.136. The van der Waals surface area contributed by atoms with Gasteiger partial charge in [0.15, 0.2) is 0 Å². The van der Waals surface area contributed by atoms with Gasteiger partial charge in [0.25, 0.3) is 5.91 Å². The summed E-state index contributed by atoms with van der Waals surface area (Å²) in [5, 5.41) is 15.2.